The Balaban J connectivity index is 0.00000364. The number of benzene rings is 2. The normalized spacial score (nSPS) is 10.9. The van der Waals surface area contributed by atoms with Gasteiger partial charge in [-0.3, -0.25) is 4.99 Å². The molecule has 27 heavy (non-hydrogen) atoms. The first-order valence-electron chi connectivity index (χ1n) is 8.84. The van der Waals surface area contributed by atoms with Crippen LogP contribution in [-0.2, 0) is 12.8 Å². The van der Waals surface area contributed by atoms with E-state index in [1.807, 2.05) is 18.2 Å². The lowest BCUT2D eigenvalue weighted by atomic mass is 10.0. The highest BCUT2D eigenvalue weighted by Crippen LogP contribution is 2.27. The molecular weight excluding hydrogens is 453 g/mol. The predicted octanol–water partition coefficient (Wildman–Crippen LogP) is 3.63. The molecule has 3 N–H and O–H groups in total. The quantitative estimate of drug-likeness (QED) is 0.342. The van der Waals surface area contributed by atoms with Crippen LogP contribution in [0.3, 0.4) is 0 Å². The first-order chi connectivity index (χ1) is 12.5. The minimum atomic E-state index is 0. The van der Waals surface area contributed by atoms with Crippen molar-refractivity contribution in [2.75, 3.05) is 27.3 Å². The lowest BCUT2D eigenvalue weighted by molar-refractivity contribution is 0.354. The molecule has 0 spiro atoms. The Bertz CT molecular complexity index is 763. The Kier molecular flexibility index (Phi) is 9.99. The van der Waals surface area contributed by atoms with Crippen molar-refractivity contribution >= 4 is 29.9 Å². The lowest BCUT2D eigenvalue weighted by Crippen LogP contribution is -2.33. The maximum absolute atomic E-state index is 5.96. The molecule has 0 heterocycles. The molecule has 0 radical (unpaired) electrons. The number of rotatable bonds is 8. The summed E-state index contributed by atoms with van der Waals surface area (Å²) < 4.78 is 10.6. The zero-order valence-electron chi connectivity index (χ0n) is 16.5. The summed E-state index contributed by atoms with van der Waals surface area (Å²) in [6.45, 7) is 5.64. The van der Waals surface area contributed by atoms with Crippen molar-refractivity contribution in [3.8, 4) is 11.5 Å². The van der Waals surface area contributed by atoms with Crippen LogP contribution in [0.4, 0.5) is 0 Å². The number of nitrogens with two attached hydrogens (primary N) is 1. The third-order valence-corrected chi connectivity index (χ3v) is 4.33. The molecule has 0 atom stereocenters. The van der Waals surface area contributed by atoms with Crippen LogP contribution in [0.1, 0.15) is 22.3 Å². The largest absolute Gasteiger partial charge is 0.493 e. The van der Waals surface area contributed by atoms with Crippen molar-refractivity contribution in [2.45, 2.75) is 26.7 Å². The Morgan fingerprint density at radius 1 is 1.00 bits per heavy atom. The molecule has 0 unspecified atom stereocenters. The highest BCUT2D eigenvalue weighted by atomic mass is 127. The summed E-state index contributed by atoms with van der Waals surface area (Å²) in [6.07, 6.45) is 1.72. The second-order valence-electron chi connectivity index (χ2n) is 6.31. The van der Waals surface area contributed by atoms with Crippen molar-refractivity contribution in [1.82, 2.24) is 5.32 Å². The second-order valence-corrected chi connectivity index (χ2v) is 6.31. The van der Waals surface area contributed by atoms with Gasteiger partial charge in [-0.05, 0) is 55.5 Å². The summed E-state index contributed by atoms with van der Waals surface area (Å²) >= 11 is 0. The van der Waals surface area contributed by atoms with Gasteiger partial charge in [0.1, 0.15) is 0 Å². The fourth-order valence-electron chi connectivity index (χ4n) is 2.85. The minimum Gasteiger partial charge on any atom is -0.493 e. The molecule has 6 heteroatoms. The van der Waals surface area contributed by atoms with Crippen molar-refractivity contribution in [3.63, 3.8) is 0 Å². The monoisotopic (exact) mass is 483 g/mol. The predicted molar refractivity (Wildman–Crippen MR) is 123 cm³/mol. The molecule has 0 aliphatic heterocycles. The number of halogens is 1. The van der Waals surface area contributed by atoms with Crippen LogP contribution in [0, 0.1) is 13.8 Å². The van der Waals surface area contributed by atoms with Gasteiger partial charge in [0.05, 0.1) is 14.2 Å². The maximum atomic E-state index is 5.96. The van der Waals surface area contributed by atoms with Crippen LogP contribution in [0.15, 0.2) is 41.4 Å². The molecule has 148 valence electrons. The fourth-order valence-corrected chi connectivity index (χ4v) is 2.85. The van der Waals surface area contributed by atoms with Crippen molar-refractivity contribution < 1.29 is 9.47 Å². The van der Waals surface area contributed by atoms with Gasteiger partial charge in [-0.25, -0.2) is 0 Å². The summed E-state index contributed by atoms with van der Waals surface area (Å²) in [4.78, 5) is 4.41. The van der Waals surface area contributed by atoms with Crippen molar-refractivity contribution in [1.29, 1.82) is 0 Å². The molecule has 2 aromatic rings. The number of ether oxygens (including phenoxy) is 2. The molecule has 0 aromatic heterocycles. The number of nitrogens with zero attached hydrogens (tertiary/aromatic N) is 1. The molecule has 2 aromatic carbocycles. The number of hydrogen-bond donors (Lipinski definition) is 2. The molecule has 0 saturated carbocycles. The molecule has 0 bridgehead atoms. The number of nitrogens with one attached hydrogen (secondary N) is 1. The van der Waals surface area contributed by atoms with Crippen LogP contribution in [0.25, 0.3) is 0 Å². The minimum absolute atomic E-state index is 0. The van der Waals surface area contributed by atoms with E-state index in [4.69, 9.17) is 15.2 Å². The first-order valence-corrected chi connectivity index (χ1v) is 8.84. The number of guanidine groups is 1. The van der Waals surface area contributed by atoms with Gasteiger partial charge in [-0.2, -0.15) is 0 Å². The SMILES string of the molecule is COc1ccc(CCNC(N)=NCCc2ccc(C)cc2C)cc1OC.I. The summed E-state index contributed by atoms with van der Waals surface area (Å²) in [5, 5.41) is 3.16. The van der Waals surface area contributed by atoms with Gasteiger partial charge in [0, 0.05) is 13.1 Å². The third-order valence-electron chi connectivity index (χ3n) is 4.33. The van der Waals surface area contributed by atoms with Gasteiger partial charge in [-0.1, -0.05) is 29.8 Å². The van der Waals surface area contributed by atoms with E-state index in [1.165, 1.54) is 16.7 Å². The third kappa shape index (κ3) is 7.28. The van der Waals surface area contributed by atoms with Gasteiger partial charge in [-0.15, -0.1) is 24.0 Å². The van der Waals surface area contributed by atoms with E-state index in [0.29, 0.717) is 19.0 Å². The van der Waals surface area contributed by atoms with Gasteiger partial charge in [0.25, 0.3) is 0 Å². The van der Waals surface area contributed by atoms with E-state index in [1.54, 1.807) is 14.2 Å². The molecule has 0 fully saturated rings. The van der Waals surface area contributed by atoms with Gasteiger partial charge in [0.2, 0.25) is 0 Å². The van der Waals surface area contributed by atoms with Gasteiger partial charge < -0.3 is 20.5 Å². The van der Waals surface area contributed by atoms with Crippen molar-refractivity contribution in [3.05, 3.63) is 58.7 Å². The van der Waals surface area contributed by atoms with Crippen molar-refractivity contribution in [2.24, 2.45) is 10.7 Å². The summed E-state index contributed by atoms with van der Waals surface area (Å²) in [5.74, 6) is 1.95. The lowest BCUT2D eigenvalue weighted by Gasteiger charge is -2.10. The van der Waals surface area contributed by atoms with E-state index >= 15 is 0 Å². The average Bonchev–Trinajstić information content (AvgIpc) is 2.63. The number of methoxy groups -OCH3 is 2. The van der Waals surface area contributed by atoms with Crippen LogP contribution in [0.5, 0.6) is 11.5 Å². The molecule has 0 aliphatic carbocycles. The van der Waals surface area contributed by atoms with Crippen LogP contribution in [-0.4, -0.2) is 33.3 Å². The number of aryl methyl sites for hydroxylation is 2. The van der Waals surface area contributed by atoms with Gasteiger partial charge >= 0.3 is 0 Å². The molecular formula is C21H30IN3O2. The van der Waals surface area contributed by atoms with Crippen LogP contribution < -0.4 is 20.5 Å². The zero-order valence-corrected chi connectivity index (χ0v) is 18.9. The number of hydrogen-bond acceptors (Lipinski definition) is 3. The Hall–Kier alpha value is -1.96. The highest BCUT2D eigenvalue weighted by Gasteiger charge is 2.04. The fraction of sp³-hybridized carbons (Fsp3) is 0.381. The van der Waals surface area contributed by atoms with E-state index in [-0.39, 0.29) is 24.0 Å². The molecule has 0 amide bonds. The summed E-state index contributed by atoms with van der Waals surface area (Å²) in [6, 6.07) is 12.4. The Labute approximate surface area is 179 Å². The highest BCUT2D eigenvalue weighted by molar-refractivity contribution is 14.0. The van der Waals surface area contributed by atoms with E-state index in [2.05, 4.69) is 42.4 Å². The maximum Gasteiger partial charge on any atom is 0.188 e. The molecule has 0 aliphatic rings. The van der Waals surface area contributed by atoms with E-state index < -0.39 is 0 Å². The molecule has 0 saturated heterocycles. The van der Waals surface area contributed by atoms with E-state index in [0.717, 1.165) is 29.9 Å². The average molecular weight is 483 g/mol. The Morgan fingerprint density at radius 3 is 2.41 bits per heavy atom. The standard InChI is InChI=1S/C21H29N3O2.HI/c1-15-5-7-18(16(2)13-15)10-12-24-21(22)23-11-9-17-6-8-19(25-3)20(14-17)26-4;/h5-8,13-14H,9-12H2,1-4H3,(H3,22,23,24);1H. The summed E-state index contributed by atoms with van der Waals surface area (Å²) in [7, 11) is 3.27. The van der Waals surface area contributed by atoms with Crippen LogP contribution in [0.2, 0.25) is 0 Å². The first kappa shape index (κ1) is 23.1. The molecule has 2 rings (SSSR count). The van der Waals surface area contributed by atoms with Crippen LogP contribution >= 0.6 is 24.0 Å². The Morgan fingerprint density at radius 2 is 1.74 bits per heavy atom. The smallest absolute Gasteiger partial charge is 0.188 e. The van der Waals surface area contributed by atoms with Gasteiger partial charge in [0.15, 0.2) is 17.5 Å². The summed E-state index contributed by atoms with van der Waals surface area (Å²) in [5.41, 5.74) is 11.0. The second kappa shape index (κ2) is 11.7. The topological polar surface area (TPSA) is 68.9 Å². The zero-order chi connectivity index (χ0) is 18.9. The molecule has 5 nitrogen and oxygen atoms in total. The number of aliphatic imine (C=N–C) groups is 1. The van der Waals surface area contributed by atoms with E-state index in [9.17, 15) is 0 Å².